The molecule has 0 radical (unpaired) electrons. The summed E-state index contributed by atoms with van der Waals surface area (Å²) in [5.41, 5.74) is 9.31. The first-order chi connectivity index (χ1) is 12.0. The van der Waals surface area contributed by atoms with E-state index in [1.165, 1.54) is 12.1 Å². The highest BCUT2D eigenvalue weighted by Crippen LogP contribution is 2.36. The van der Waals surface area contributed by atoms with E-state index in [1.807, 2.05) is 6.07 Å². The molecule has 25 heavy (non-hydrogen) atoms. The van der Waals surface area contributed by atoms with Crippen LogP contribution < -0.4 is 5.73 Å². The first kappa shape index (κ1) is 15.9. The number of nitrogens with two attached hydrogens (primary N) is 1. The molecule has 0 saturated carbocycles. The summed E-state index contributed by atoms with van der Waals surface area (Å²) in [5.74, 6) is 0.0814. The van der Waals surface area contributed by atoms with Gasteiger partial charge in [0.15, 0.2) is 5.65 Å². The number of anilines is 1. The van der Waals surface area contributed by atoms with Gasteiger partial charge in [-0.2, -0.15) is 5.10 Å². The zero-order valence-corrected chi connectivity index (χ0v) is 14.2. The van der Waals surface area contributed by atoms with E-state index < -0.39 is 0 Å². The SMILES string of the molecule is Nc1[nH]nc2nc(-c3cc(Cl)ccc3Cl)cc(-c3ccc(F)cc3)c12. The van der Waals surface area contributed by atoms with Gasteiger partial charge in [0.1, 0.15) is 11.6 Å². The van der Waals surface area contributed by atoms with E-state index >= 15 is 0 Å². The summed E-state index contributed by atoms with van der Waals surface area (Å²) in [4.78, 5) is 4.53. The molecule has 0 saturated heterocycles. The highest BCUT2D eigenvalue weighted by Gasteiger charge is 2.16. The largest absolute Gasteiger partial charge is 0.383 e. The molecule has 3 N–H and O–H groups in total. The Kier molecular flexibility index (Phi) is 3.82. The molecule has 0 unspecified atom stereocenters. The predicted molar refractivity (Wildman–Crippen MR) is 99.2 cm³/mol. The van der Waals surface area contributed by atoms with Crippen LogP contribution in [-0.2, 0) is 0 Å². The number of aromatic amines is 1. The van der Waals surface area contributed by atoms with Gasteiger partial charge >= 0.3 is 0 Å². The van der Waals surface area contributed by atoms with Crippen molar-refractivity contribution in [3.63, 3.8) is 0 Å². The number of halogens is 3. The molecule has 0 atom stereocenters. The number of nitrogens with zero attached hydrogens (tertiary/aromatic N) is 2. The first-order valence-electron chi connectivity index (χ1n) is 7.39. The fourth-order valence-corrected chi connectivity index (χ4v) is 3.12. The number of nitrogen functional groups attached to an aromatic ring is 1. The zero-order valence-electron chi connectivity index (χ0n) is 12.7. The highest BCUT2D eigenvalue weighted by atomic mass is 35.5. The maximum Gasteiger partial charge on any atom is 0.184 e. The molecule has 0 aliphatic rings. The zero-order chi connectivity index (χ0) is 17.6. The number of aromatic nitrogens is 3. The van der Waals surface area contributed by atoms with Crippen molar-refractivity contribution in [3.05, 3.63) is 64.4 Å². The Hall–Kier alpha value is -2.63. The van der Waals surface area contributed by atoms with Gasteiger partial charge in [0.25, 0.3) is 0 Å². The average Bonchev–Trinajstić information content (AvgIpc) is 2.98. The first-order valence-corrected chi connectivity index (χ1v) is 8.14. The van der Waals surface area contributed by atoms with E-state index in [0.717, 1.165) is 11.1 Å². The van der Waals surface area contributed by atoms with Crippen molar-refractivity contribution >= 4 is 40.1 Å². The van der Waals surface area contributed by atoms with Crippen molar-refractivity contribution < 1.29 is 4.39 Å². The second-order valence-electron chi connectivity index (χ2n) is 5.52. The molecule has 0 spiro atoms. The van der Waals surface area contributed by atoms with Crippen LogP contribution in [0.1, 0.15) is 0 Å². The Morgan fingerprint density at radius 1 is 0.960 bits per heavy atom. The second-order valence-corrected chi connectivity index (χ2v) is 6.37. The van der Waals surface area contributed by atoms with Crippen LogP contribution in [0.3, 0.4) is 0 Å². The normalized spacial score (nSPS) is 11.2. The van der Waals surface area contributed by atoms with Crippen LogP contribution in [0.4, 0.5) is 10.2 Å². The van der Waals surface area contributed by atoms with Crippen LogP contribution in [0.5, 0.6) is 0 Å². The van der Waals surface area contributed by atoms with Gasteiger partial charge in [-0.3, -0.25) is 5.10 Å². The number of hydrogen-bond acceptors (Lipinski definition) is 3. The summed E-state index contributed by atoms with van der Waals surface area (Å²) < 4.78 is 13.3. The van der Waals surface area contributed by atoms with E-state index in [4.69, 9.17) is 28.9 Å². The summed E-state index contributed by atoms with van der Waals surface area (Å²) in [5, 5.41) is 8.62. The summed E-state index contributed by atoms with van der Waals surface area (Å²) in [6.07, 6.45) is 0. The molecule has 2 aromatic heterocycles. The molecule has 0 fully saturated rings. The van der Waals surface area contributed by atoms with Gasteiger partial charge in [0.05, 0.1) is 16.1 Å². The van der Waals surface area contributed by atoms with Crippen molar-refractivity contribution in [2.75, 3.05) is 5.73 Å². The van der Waals surface area contributed by atoms with Crippen molar-refractivity contribution in [3.8, 4) is 22.4 Å². The molecule has 7 heteroatoms. The molecule has 0 aliphatic heterocycles. The summed E-state index contributed by atoms with van der Waals surface area (Å²) in [7, 11) is 0. The average molecular weight is 373 g/mol. The molecule has 4 nitrogen and oxygen atoms in total. The molecular formula is C18H11Cl2FN4. The van der Waals surface area contributed by atoms with Crippen LogP contribution in [-0.4, -0.2) is 15.2 Å². The molecule has 2 aromatic carbocycles. The fraction of sp³-hybridized carbons (Fsp3) is 0. The molecule has 2 heterocycles. The third-order valence-corrected chi connectivity index (χ3v) is 4.48. The molecule has 4 rings (SSSR count). The quantitative estimate of drug-likeness (QED) is 0.500. The summed E-state index contributed by atoms with van der Waals surface area (Å²) in [6.45, 7) is 0. The van der Waals surface area contributed by atoms with E-state index in [-0.39, 0.29) is 5.82 Å². The maximum atomic E-state index is 13.3. The minimum atomic E-state index is -0.313. The van der Waals surface area contributed by atoms with Crippen LogP contribution in [0.25, 0.3) is 33.4 Å². The van der Waals surface area contributed by atoms with Gasteiger partial charge in [0.2, 0.25) is 0 Å². The number of hydrogen-bond donors (Lipinski definition) is 2. The van der Waals surface area contributed by atoms with E-state index in [2.05, 4.69) is 15.2 Å². The van der Waals surface area contributed by atoms with Crippen LogP contribution in [0.15, 0.2) is 48.5 Å². The van der Waals surface area contributed by atoms with Crippen LogP contribution >= 0.6 is 23.2 Å². The Bertz CT molecular complexity index is 1090. The molecule has 0 aliphatic carbocycles. The Balaban J connectivity index is 2.02. The Morgan fingerprint density at radius 2 is 1.72 bits per heavy atom. The third-order valence-electron chi connectivity index (χ3n) is 3.91. The monoisotopic (exact) mass is 372 g/mol. The highest BCUT2D eigenvalue weighted by molar-refractivity contribution is 6.35. The van der Waals surface area contributed by atoms with E-state index in [0.29, 0.717) is 38.2 Å². The Morgan fingerprint density at radius 3 is 2.48 bits per heavy atom. The number of fused-ring (bicyclic) bond motifs is 1. The second kappa shape index (κ2) is 6.02. The topological polar surface area (TPSA) is 67.6 Å². The minimum absolute atomic E-state index is 0.313. The van der Waals surface area contributed by atoms with Gasteiger partial charge < -0.3 is 5.73 Å². The standard InChI is InChI=1S/C18H11Cl2FN4/c19-10-3-6-14(20)13(7-10)15-8-12(9-1-4-11(21)5-2-9)16-17(22)24-25-18(16)23-15/h1-8H,(H3,22,23,24,25). The predicted octanol–water partition coefficient (Wildman–Crippen LogP) is 5.32. The summed E-state index contributed by atoms with van der Waals surface area (Å²) >= 11 is 12.4. The van der Waals surface area contributed by atoms with Gasteiger partial charge in [0, 0.05) is 10.6 Å². The molecule has 124 valence electrons. The van der Waals surface area contributed by atoms with E-state index in [9.17, 15) is 4.39 Å². The fourth-order valence-electron chi connectivity index (χ4n) is 2.74. The van der Waals surface area contributed by atoms with Gasteiger partial charge in [-0.05, 0) is 47.5 Å². The smallest absolute Gasteiger partial charge is 0.184 e. The van der Waals surface area contributed by atoms with Crippen molar-refractivity contribution in [2.45, 2.75) is 0 Å². The molecule has 0 amide bonds. The summed E-state index contributed by atoms with van der Waals surface area (Å²) in [6, 6.07) is 13.1. The van der Waals surface area contributed by atoms with Gasteiger partial charge in [-0.1, -0.05) is 35.3 Å². The number of benzene rings is 2. The molecule has 0 bridgehead atoms. The number of pyridine rings is 1. The maximum absolute atomic E-state index is 13.3. The van der Waals surface area contributed by atoms with E-state index in [1.54, 1.807) is 30.3 Å². The number of rotatable bonds is 2. The Labute approximate surface area is 152 Å². The lowest BCUT2D eigenvalue weighted by Gasteiger charge is -2.09. The van der Waals surface area contributed by atoms with Crippen molar-refractivity contribution in [2.24, 2.45) is 0 Å². The van der Waals surface area contributed by atoms with Gasteiger partial charge in [-0.25, -0.2) is 9.37 Å². The van der Waals surface area contributed by atoms with Crippen LogP contribution in [0.2, 0.25) is 10.0 Å². The van der Waals surface area contributed by atoms with Crippen molar-refractivity contribution in [1.29, 1.82) is 0 Å². The minimum Gasteiger partial charge on any atom is -0.383 e. The lowest BCUT2D eigenvalue weighted by molar-refractivity contribution is 0.628. The lowest BCUT2D eigenvalue weighted by Crippen LogP contribution is -1.92. The third kappa shape index (κ3) is 2.81. The molecular weight excluding hydrogens is 362 g/mol. The van der Waals surface area contributed by atoms with Gasteiger partial charge in [-0.15, -0.1) is 0 Å². The van der Waals surface area contributed by atoms with Crippen LogP contribution in [0, 0.1) is 5.82 Å². The number of H-pyrrole nitrogens is 1. The lowest BCUT2D eigenvalue weighted by atomic mass is 10.00. The van der Waals surface area contributed by atoms with Crippen molar-refractivity contribution in [1.82, 2.24) is 15.2 Å². The molecule has 4 aromatic rings. The number of nitrogens with one attached hydrogen (secondary N) is 1.